The van der Waals surface area contributed by atoms with E-state index in [4.69, 9.17) is 27.9 Å². The molecule has 0 radical (unpaired) electrons. The monoisotopic (exact) mass is 460 g/mol. The van der Waals surface area contributed by atoms with Gasteiger partial charge in [-0.15, -0.1) is 11.8 Å². The Morgan fingerprint density at radius 1 is 0.967 bits per heavy atom. The molecule has 30 heavy (non-hydrogen) atoms. The van der Waals surface area contributed by atoms with E-state index in [2.05, 4.69) is 10.6 Å². The van der Waals surface area contributed by atoms with E-state index in [0.29, 0.717) is 32.7 Å². The Balaban J connectivity index is 1.57. The molecule has 0 saturated carbocycles. The molecule has 0 saturated heterocycles. The largest absolute Gasteiger partial charge is 0.497 e. The molecule has 3 aromatic carbocycles. The molecule has 0 bridgehead atoms. The molecular weight excluding hydrogens is 443 g/mol. The molecule has 5 nitrogen and oxygen atoms in total. The SMILES string of the molecule is COc1ccc(C(=O)Nc2cccc(SCC(=O)Nc3cc(Cl)ccc3Cl)c2)cc1. The fraction of sp³-hybridized carbons (Fsp3) is 0.0909. The summed E-state index contributed by atoms with van der Waals surface area (Å²) in [6.45, 7) is 0. The van der Waals surface area contributed by atoms with Gasteiger partial charge in [0.05, 0.1) is 23.6 Å². The summed E-state index contributed by atoms with van der Waals surface area (Å²) >= 11 is 13.3. The van der Waals surface area contributed by atoms with E-state index >= 15 is 0 Å². The average Bonchev–Trinajstić information content (AvgIpc) is 2.75. The lowest BCUT2D eigenvalue weighted by Gasteiger charge is -2.09. The highest BCUT2D eigenvalue weighted by Gasteiger charge is 2.09. The average molecular weight is 461 g/mol. The van der Waals surface area contributed by atoms with Crippen LogP contribution in [0.4, 0.5) is 11.4 Å². The van der Waals surface area contributed by atoms with Crippen molar-refractivity contribution in [3.8, 4) is 5.75 Å². The van der Waals surface area contributed by atoms with Crippen LogP contribution in [0.2, 0.25) is 10.0 Å². The van der Waals surface area contributed by atoms with Crippen LogP contribution in [0.1, 0.15) is 10.4 Å². The number of ether oxygens (including phenoxy) is 1. The third-order valence-corrected chi connectivity index (χ3v) is 5.58. The third-order valence-electron chi connectivity index (χ3n) is 4.02. The molecule has 3 aromatic rings. The highest BCUT2D eigenvalue weighted by molar-refractivity contribution is 8.00. The number of halogens is 2. The summed E-state index contributed by atoms with van der Waals surface area (Å²) in [7, 11) is 1.57. The molecule has 8 heteroatoms. The first-order valence-electron chi connectivity index (χ1n) is 8.88. The number of nitrogens with one attached hydrogen (secondary N) is 2. The van der Waals surface area contributed by atoms with Crippen LogP contribution >= 0.6 is 35.0 Å². The number of hydrogen-bond acceptors (Lipinski definition) is 4. The zero-order valence-electron chi connectivity index (χ0n) is 15.9. The lowest BCUT2D eigenvalue weighted by Crippen LogP contribution is -2.14. The van der Waals surface area contributed by atoms with Crippen molar-refractivity contribution >= 4 is 58.2 Å². The number of methoxy groups -OCH3 is 1. The Bertz CT molecular complexity index is 1060. The fourth-order valence-corrected chi connectivity index (χ4v) is 3.63. The van der Waals surface area contributed by atoms with Gasteiger partial charge in [0.15, 0.2) is 0 Å². The second-order valence-electron chi connectivity index (χ2n) is 6.17. The van der Waals surface area contributed by atoms with Gasteiger partial charge in [-0.05, 0) is 60.7 Å². The van der Waals surface area contributed by atoms with Crippen molar-refractivity contribution < 1.29 is 14.3 Å². The van der Waals surface area contributed by atoms with Gasteiger partial charge < -0.3 is 15.4 Å². The normalized spacial score (nSPS) is 10.4. The summed E-state index contributed by atoms with van der Waals surface area (Å²) < 4.78 is 5.10. The van der Waals surface area contributed by atoms with Crippen LogP contribution in [0.5, 0.6) is 5.75 Å². The Labute approximate surface area is 188 Å². The van der Waals surface area contributed by atoms with Crippen LogP contribution in [0.3, 0.4) is 0 Å². The lowest BCUT2D eigenvalue weighted by molar-refractivity contribution is -0.113. The molecule has 3 rings (SSSR count). The smallest absolute Gasteiger partial charge is 0.255 e. The van der Waals surface area contributed by atoms with Gasteiger partial charge >= 0.3 is 0 Å². The molecule has 0 aromatic heterocycles. The van der Waals surface area contributed by atoms with E-state index in [-0.39, 0.29) is 17.6 Å². The fourth-order valence-electron chi connectivity index (χ4n) is 2.54. The molecule has 0 atom stereocenters. The minimum atomic E-state index is -0.229. The van der Waals surface area contributed by atoms with Gasteiger partial charge in [0, 0.05) is 21.2 Å². The van der Waals surface area contributed by atoms with Crippen molar-refractivity contribution in [1.82, 2.24) is 0 Å². The van der Waals surface area contributed by atoms with Crippen LogP contribution in [0.15, 0.2) is 71.6 Å². The summed E-state index contributed by atoms with van der Waals surface area (Å²) in [6.07, 6.45) is 0. The van der Waals surface area contributed by atoms with Crippen molar-refractivity contribution in [2.45, 2.75) is 4.90 Å². The quantitative estimate of drug-likeness (QED) is 0.425. The predicted octanol–water partition coefficient (Wildman–Crippen LogP) is 5.99. The first kappa shape index (κ1) is 22.0. The number of amides is 2. The number of carbonyl (C=O) groups is 2. The summed E-state index contributed by atoms with van der Waals surface area (Å²) in [6, 6.07) is 19.0. The van der Waals surface area contributed by atoms with Gasteiger partial charge in [-0.2, -0.15) is 0 Å². The summed E-state index contributed by atoms with van der Waals surface area (Å²) in [5.74, 6) is 0.422. The number of hydrogen-bond donors (Lipinski definition) is 2. The number of thioether (sulfide) groups is 1. The van der Waals surface area contributed by atoms with Gasteiger partial charge in [0.1, 0.15) is 5.75 Å². The highest BCUT2D eigenvalue weighted by atomic mass is 35.5. The van der Waals surface area contributed by atoms with Gasteiger partial charge in [-0.25, -0.2) is 0 Å². The van der Waals surface area contributed by atoms with Crippen LogP contribution < -0.4 is 15.4 Å². The van der Waals surface area contributed by atoms with E-state index in [1.54, 1.807) is 55.6 Å². The Hall–Kier alpha value is -2.67. The number of anilines is 2. The maximum Gasteiger partial charge on any atom is 0.255 e. The second-order valence-corrected chi connectivity index (χ2v) is 8.06. The Morgan fingerprint density at radius 3 is 2.47 bits per heavy atom. The summed E-state index contributed by atoms with van der Waals surface area (Å²) in [5.41, 5.74) is 1.63. The predicted molar refractivity (Wildman–Crippen MR) is 123 cm³/mol. The van der Waals surface area contributed by atoms with Gasteiger partial charge in [-0.1, -0.05) is 29.3 Å². The summed E-state index contributed by atoms with van der Waals surface area (Å²) in [5, 5.41) is 6.50. The molecule has 2 amide bonds. The molecule has 0 aliphatic carbocycles. The number of benzene rings is 3. The molecular formula is C22H18Cl2N2O3S. The maximum atomic E-state index is 12.4. The molecule has 154 valence electrons. The van der Waals surface area contributed by atoms with Crippen molar-refractivity contribution in [3.05, 3.63) is 82.3 Å². The van der Waals surface area contributed by atoms with Crippen molar-refractivity contribution in [2.24, 2.45) is 0 Å². The molecule has 0 unspecified atom stereocenters. The first-order chi connectivity index (χ1) is 14.4. The number of rotatable bonds is 7. The van der Waals surface area contributed by atoms with Crippen LogP contribution in [-0.2, 0) is 4.79 Å². The highest BCUT2D eigenvalue weighted by Crippen LogP contribution is 2.27. The number of carbonyl (C=O) groups excluding carboxylic acids is 2. The third kappa shape index (κ3) is 6.16. The van der Waals surface area contributed by atoms with E-state index < -0.39 is 0 Å². The zero-order chi connectivity index (χ0) is 21.5. The standard InChI is InChI=1S/C22H18Cl2N2O3S/c1-29-17-8-5-14(6-9-17)22(28)25-16-3-2-4-18(12-16)30-13-21(27)26-20-11-15(23)7-10-19(20)24/h2-12H,13H2,1H3,(H,25,28)(H,26,27). The van der Waals surface area contributed by atoms with E-state index in [9.17, 15) is 9.59 Å². The van der Waals surface area contributed by atoms with E-state index in [1.165, 1.54) is 11.8 Å². The molecule has 0 aliphatic rings. The topological polar surface area (TPSA) is 67.4 Å². The molecule has 0 aliphatic heterocycles. The van der Waals surface area contributed by atoms with Gasteiger partial charge in [0.2, 0.25) is 5.91 Å². The lowest BCUT2D eigenvalue weighted by atomic mass is 10.2. The minimum absolute atomic E-state index is 0.179. The molecule has 0 spiro atoms. The van der Waals surface area contributed by atoms with Gasteiger partial charge in [-0.3, -0.25) is 9.59 Å². The van der Waals surface area contributed by atoms with Gasteiger partial charge in [0.25, 0.3) is 5.91 Å². The van der Waals surface area contributed by atoms with E-state index in [0.717, 1.165) is 4.90 Å². The Kier molecular flexibility index (Phi) is 7.63. The van der Waals surface area contributed by atoms with E-state index in [1.807, 2.05) is 18.2 Å². The molecule has 0 heterocycles. The molecule has 2 N–H and O–H groups in total. The molecule has 0 fully saturated rings. The van der Waals surface area contributed by atoms with Crippen molar-refractivity contribution in [3.63, 3.8) is 0 Å². The van der Waals surface area contributed by atoms with Crippen LogP contribution in [0, 0.1) is 0 Å². The van der Waals surface area contributed by atoms with Crippen LogP contribution in [0.25, 0.3) is 0 Å². The second kappa shape index (κ2) is 10.4. The minimum Gasteiger partial charge on any atom is -0.497 e. The first-order valence-corrected chi connectivity index (χ1v) is 10.6. The Morgan fingerprint density at radius 2 is 1.73 bits per heavy atom. The summed E-state index contributed by atoms with van der Waals surface area (Å²) in [4.78, 5) is 25.5. The zero-order valence-corrected chi connectivity index (χ0v) is 18.3. The van der Waals surface area contributed by atoms with Crippen molar-refractivity contribution in [1.29, 1.82) is 0 Å². The van der Waals surface area contributed by atoms with Crippen molar-refractivity contribution in [2.75, 3.05) is 23.5 Å². The maximum absolute atomic E-state index is 12.4. The van der Waals surface area contributed by atoms with Crippen LogP contribution in [-0.4, -0.2) is 24.7 Å².